The van der Waals surface area contributed by atoms with E-state index in [1.807, 2.05) is 42.8 Å². The molecule has 0 bridgehead atoms. The van der Waals surface area contributed by atoms with Gasteiger partial charge in [0.2, 0.25) is 5.91 Å². The first-order chi connectivity index (χ1) is 14.9. The summed E-state index contributed by atoms with van der Waals surface area (Å²) in [5, 5.41) is 17.5. The largest absolute Gasteiger partial charge is 0.325 e. The van der Waals surface area contributed by atoms with E-state index >= 15 is 0 Å². The number of aromatic nitrogens is 4. The number of nitrogens with one attached hydrogen (secondary N) is 1. The maximum Gasteiger partial charge on any atom is 0.234 e. The summed E-state index contributed by atoms with van der Waals surface area (Å²) in [5.41, 5.74) is 4.95. The Labute approximate surface area is 183 Å². The monoisotopic (exact) mass is 431 g/mol. The zero-order valence-corrected chi connectivity index (χ0v) is 18.2. The van der Waals surface area contributed by atoms with Gasteiger partial charge in [-0.15, -0.1) is 5.10 Å². The lowest BCUT2D eigenvalue weighted by Gasteiger charge is -2.09. The standard InChI is InChI=1S/C23H21N5O2S/c1-14-4-10-19(11-5-14)28-22-20(12-24-28)15(2)26-27-23(22)31-13-21(30)25-18-8-6-17(7-9-18)16(3)29/h4-12H,13H2,1-3H3,(H,25,30). The average Bonchev–Trinajstić information content (AvgIpc) is 3.20. The molecule has 2 aromatic carbocycles. The minimum Gasteiger partial charge on any atom is -0.325 e. The lowest BCUT2D eigenvalue weighted by Crippen LogP contribution is -2.14. The van der Waals surface area contributed by atoms with Gasteiger partial charge >= 0.3 is 0 Å². The second kappa shape index (κ2) is 8.69. The third-order valence-corrected chi connectivity index (χ3v) is 5.80. The van der Waals surface area contributed by atoms with Gasteiger partial charge in [-0.2, -0.15) is 10.2 Å². The summed E-state index contributed by atoms with van der Waals surface area (Å²) in [4.78, 5) is 23.9. The van der Waals surface area contributed by atoms with Gasteiger partial charge in [0, 0.05) is 16.6 Å². The SMILES string of the molecule is CC(=O)c1ccc(NC(=O)CSc2nnc(C)c3cnn(-c4ccc(C)cc4)c23)cc1. The number of Topliss-reactive ketones (excluding diaryl/α,β-unsaturated/α-hetero) is 1. The maximum atomic E-state index is 12.5. The van der Waals surface area contributed by atoms with Gasteiger partial charge < -0.3 is 5.32 Å². The van der Waals surface area contributed by atoms with Crippen LogP contribution in [0.4, 0.5) is 5.69 Å². The van der Waals surface area contributed by atoms with Gasteiger partial charge in [0.05, 0.1) is 23.3 Å². The Bertz CT molecular complexity index is 1260. The number of fused-ring (bicyclic) bond motifs is 1. The molecule has 0 saturated carbocycles. The Morgan fingerprint density at radius 3 is 2.39 bits per heavy atom. The van der Waals surface area contributed by atoms with E-state index in [4.69, 9.17) is 0 Å². The molecule has 1 amide bonds. The van der Waals surface area contributed by atoms with Crippen LogP contribution in [-0.2, 0) is 4.79 Å². The Balaban J connectivity index is 1.55. The quantitative estimate of drug-likeness (QED) is 0.360. The van der Waals surface area contributed by atoms with E-state index in [1.165, 1.54) is 24.2 Å². The number of aryl methyl sites for hydroxylation is 2. The molecule has 31 heavy (non-hydrogen) atoms. The van der Waals surface area contributed by atoms with Gasteiger partial charge in [0.1, 0.15) is 10.5 Å². The lowest BCUT2D eigenvalue weighted by atomic mass is 10.1. The normalized spacial score (nSPS) is 10.9. The molecule has 0 unspecified atom stereocenters. The molecule has 0 aliphatic carbocycles. The summed E-state index contributed by atoms with van der Waals surface area (Å²) in [6.07, 6.45) is 1.78. The van der Waals surface area contributed by atoms with E-state index in [1.54, 1.807) is 30.5 Å². The van der Waals surface area contributed by atoms with Crippen LogP contribution < -0.4 is 5.32 Å². The van der Waals surface area contributed by atoms with Gasteiger partial charge in [-0.3, -0.25) is 9.59 Å². The van der Waals surface area contributed by atoms with Gasteiger partial charge in [0.15, 0.2) is 5.78 Å². The number of hydrogen-bond donors (Lipinski definition) is 1. The second-order valence-electron chi connectivity index (χ2n) is 7.22. The molecule has 8 heteroatoms. The summed E-state index contributed by atoms with van der Waals surface area (Å²) in [7, 11) is 0. The van der Waals surface area contributed by atoms with Crippen molar-refractivity contribution in [1.29, 1.82) is 0 Å². The number of ketones is 1. The van der Waals surface area contributed by atoms with Crippen molar-refractivity contribution >= 4 is 40.0 Å². The highest BCUT2D eigenvalue weighted by Gasteiger charge is 2.16. The van der Waals surface area contributed by atoms with Gasteiger partial charge in [-0.1, -0.05) is 29.5 Å². The number of thioether (sulfide) groups is 1. The van der Waals surface area contributed by atoms with E-state index in [2.05, 4.69) is 20.6 Å². The van der Waals surface area contributed by atoms with E-state index in [0.717, 1.165) is 22.3 Å². The summed E-state index contributed by atoms with van der Waals surface area (Å²) in [6, 6.07) is 14.9. The fraction of sp³-hybridized carbons (Fsp3) is 0.174. The van der Waals surface area contributed by atoms with Crippen LogP contribution in [0.1, 0.15) is 28.5 Å². The molecule has 0 spiro atoms. The zero-order valence-electron chi connectivity index (χ0n) is 17.4. The van der Waals surface area contributed by atoms with Crippen molar-refractivity contribution in [2.24, 2.45) is 0 Å². The second-order valence-corrected chi connectivity index (χ2v) is 8.18. The first kappa shape index (κ1) is 20.7. The summed E-state index contributed by atoms with van der Waals surface area (Å²) in [5.74, 6) is -0.0153. The predicted octanol–water partition coefficient (Wildman–Crippen LogP) is 4.37. The molecular formula is C23H21N5O2S. The summed E-state index contributed by atoms with van der Waals surface area (Å²) in [6.45, 7) is 5.44. The van der Waals surface area contributed by atoms with Crippen LogP contribution in [0.5, 0.6) is 0 Å². The Morgan fingerprint density at radius 2 is 1.71 bits per heavy atom. The Morgan fingerprint density at radius 1 is 1.00 bits per heavy atom. The Kier molecular flexibility index (Phi) is 5.81. The molecule has 0 aliphatic rings. The maximum absolute atomic E-state index is 12.5. The molecule has 0 saturated heterocycles. The first-order valence-corrected chi connectivity index (χ1v) is 10.7. The van der Waals surface area contributed by atoms with Crippen molar-refractivity contribution in [3.63, 3.8) is 0 Å². The summed E-state index contributed by atoms with van der Waals surface area (Å²) >= 11 is 1.31. The van der Waals surface area contributed by atoms with Crippen LogP contribution in [0.2, 0.25) is 0 Å². The number of carbonyl (C=O) groups excluding carboxylic acids is 2. The van der Waals surface area contributed by atoms with Crippen molar-refractivity contribution in [2.75, 3.05) is 11.1 Å². The fourth-order valence-electron chi connectivity index (χ4n) is 3.14. The average molecular weight is 432 g/mol. The fourth-order valence-corrected chi connectivity index (χ4v) is 3.91. The molecule has 4 aromatic rings. The van der Waals surface area contributed by atoms with E-state index in [-0.39, 0.29) is 17.4 Å². The number of rotatable bonds is 6. The predicted molar refractivity (Wildman–Crippen MR) is 122 cm³/mol. The number of nitrogens with zero attached hydrogens (tertiary/aromatic N) is 4. The molecule has 4 rings (SSSR count). The van der Waals surface area contributed by atoms with Crippen molar-refractivity contribution < 1.29 is 9.59 Å². The van der Waals surface area contributed by atoms with Crippen molar-refractivity contribution in [3.05, 3.63) is 71.5 Å². The van der Waals surface area contributed by atoms with Crippen LogP contribution >= 0.6 is 11.8 Å². The highest BCUT2D eigenvalue weighted by atomic mass is 32.2. The van der Waals surface area contributed by atoms with Gasteiger partial charge in [0.25, 0.3) is 0 Å². The molecule has 1 N–H and O–H groups in total. The van der Waals surface area contributed by atoms with E-state index in [0.29, 0.717) is 16.3 Å². The van der Waals surface area contributed by atoms with Gasteiger partial charge in [-0.05, 0) is 57.2 Å². The molecule has 156 valence electrons. The van der Waals surface area contributed by atoms with E-state index in [9.17, 15) is 9.59 Å². The molecule has 7 nitrogen and oxygen atoms in total. The number of hydrogen-bond acceptors (Lipinski definition) is 6. The van der Waals surface area contributed by atoms with Crippen LogP contribution in [0.3, 0.4) is 0 Å². The van der Waals surface area contributed by atoms with Crippen molar-refractivity contribution in [2.45, 2.75) is 25.8 Å². The molecule has 0 fully saturated rings. The third kappa shape index (κ3) is 4.49. The topological polar surface area (TPSA) is 89.8 Å². The number of benzene rings is 2. The Hall–Kier alpha value is -3.52. The van der Waals surface area contributed by atoms with Gasteiger partial charge in [-0.25, -0.2) is 4.68 Å². The lowest BCUT2D eigenvalue weighted by molar-refractivity contribution is -0.113. The van der Waals surface area contributed by atoms with Crippen LogP contribution in [0.15, 0.2) is 59.8 Å². The van der Waals surface area contributed by atoms with Crippen molar-refractivity contribution in [1.82, 2.24) is 20.0 Å². The molecule has 0 radical (unpaired) electrons. The number of anilines is 1. The highest BCUT2D eigenvalue weighted by Crippen LogP contribution is 2.29. The number of carbonyl (C=O) groups is 2. The minimum absolute atomic E-state index is 0.0133. The van der Waals surface area contributed by atoms with Crippen LogP contribution in [-0.4, -0.2) is 37.4 Å². The zero-order chi connectivity index (χ0) is 22.0. The van der Waals surface area contributed by atoms with Crippen LogP contribution in [0, 0.1) is 13.8 Å². The molecule has 2 heterocycles. The molecule has 0 aliphatic heterocycles. The first-order valence-electron chi connectivity index (χ1n) is 9.74. The summed E-state index contributed by atoms with van der Waals surface area (Å²) < 4.78 is 1.83. The highest BCUT2D eigenvalue weighted by molar-refractivity contribution is 8.00. The molecule has 0 atom stereocenters. The minimum atomic E-state index is -0.169. The molecule has 2 aromatic heterocycles. The van der Waals surface area contributed by atoms with E-state index < -0.39 is 0 Å². The van der Waals surface area contributed by atoms with Crippen LogP contribution in [0.25, 0.3) is 16.6 Å². The number of amides is 1. The smallest absolute Gasteiger partial charge is 0.234 e. The third-order valence-electron chi connectivity index (χ3n) is 4.85. The molecular weight excluding hydrogens is 410 g/mol. The van der Waals surface area contributed by atoms with Crippen molar-refractivity contribution in [3.8, 4) is 5.69 Å².